The van der Waals surface area contributed by atoms with E-state index < -0.39 is 0 Å². The molecule has 192 valence electrons. The lowest BCUT2D eigenvalue weighted by atomic mass is 10.0. The van der Waals surface area contributed by atoms with Crippen LogP contribution in [0.5, 0.6) is 0 Å². The molecule has 3 aromatic heterocycles. The number of benzene rings is 5. The van der Waals surface area contributed by atoms with Crippen LogP contribution in [0.3, 0.4) is 0 Å². The molecule has 0 saturated heterocycles. The van der Waals surface area contributed by atoms with Crippen molar-refractivity contribution < 1.29 is 0 Å². The number of fused-ring (bicyclic) bond motifs is 9. The fourth-order valence-electron chi connectivity index (χ4n) is 6.28. The Labute approximate surface area is 232 Å². The minimum Gasteiger partial charge on any atom is -0.309 e. The van der Waals surface area contributed by atoms with Crippen molar-refractivity contribution in [3.05, 3.63) is 121 Å². The molecule has 0 aliphatic carbocycles. The average Bonchev–Trinajstić information content (AvgIpc) is 3.61. The molecule has 0 spiro atoms. The van der Waals surface area contributed by atoms with Gasteiger partial charge in [-0.1, -0.05) is 80.1 Å². The lowest BCUT2D eigenvalue weighted by Crippen LogP contribution is -1.97. The molecule has 0 amide bonds. The number of hydrogen-bond donors (Lipinski definition) is 0. The Balaban J connectivity index is 1.32. The summed E-state index contributed by atoms with van der Waals surface area (Å²) in [7, 11) is 0. The molecular formula is C36H28N4. The van der Waals surface area contributed by atoms with Crippen molar-refractivity contribution in [3.8, 4) is 17.1 Å². The highest BCUT2D eigenvalue weighted by atomic mass is 15.2. The molecule has 0 atom stereocenters. The third-order valence-corrected chi connectivity index (χ3v) is 8.21. The topological polar surface area (TPSA) is 35.1 Å². The van der Waals surface area contributed by atoms with Gasteiger partial charge in [0.1, 0.15) is 0 Å². The highest BCUT2D eigenvalue weighted by Crippen LogP contribution is 2.35. The summed E-state index contributed by atoms with van der Waals surface area (Å²) in [5.41, 5.74) is 8.01. The van der Waals surface area contributed by atoms with Crippen LogP contribution in [0.1, 0.15) is 25.3 Å². The van der Waals surface area contributed by atoms with Crippen molar-refractivity contribution in [2.75, 3.05) is 0 Å². The number of unbranched alkanes of at least 4 members (excludes halogenated alkanes) is 1. The van der Waals surface area contributed by atoms with E-state index in [1.807, 2.05) is 0 Å². The van der Waals surface area contributed by atoms with E-state index in [0.29, 0.717) is 0 Å². The molecule has 0 N–H and O–H groups in total. The van der Waals surface area contributed by atoms with E-state index in [2.05, 4.69) is 131 Å². The van der Waals surface area contributed by atoms with Crippen LogP contribution in [0.15, 0.2) is 115 Å². The van der Waals surface area contributed by atoms with Crippen molar-refractivity contribution in [3.63, 3.8) is 0 Å². The summed E-state index contributed by atoms with van der Waals surface area (Å²) in [5.74, 6) is 0.862. The molecule has 5 aromatic carbocycles. The van der Waals surface area contributed by atoms with Crippen LogP contribution < -0.4 is 0 Å². The molecule has 40 heavy (non-hydrogen) atoms. The predicted octanol–water partition coefficient (Wildman–Crippen LogP) is 9.14. The van der Waals surface area contributed by atoms with Crippen molar-refractivity contribution in [1.82, 2.24) is 19.2 Å². The number of pyridine rings is 1. The standard InChI is InChI=1S/C36H28N4/c1-2-3-10-24-17-22-34-31(23-24)27-11-4-5-14-30(27)36-38-37-35(40(34)36)25-18-20-26(21-19-25)39-32-15-8-6-12-28(32)29-13-7-9-16-33(29)39/h4-9,11-23H,2-3,10H2,1H3. The number of rotatable bonds is 5. The summed E-state index contributed by atoms with van der Waals surface area (Å²) in [5, 5.41) is 15.6. The lowest BCUT2D eigenvalue weighted by molar-refractivity contribution is 0.796. The van der Waals surface area contributed by atoms with Crippen LogP contribution >= 0.6 is 0 Å². The van der Waals surface area contributed by atoms with Gasteiger partial charge < -0.3 is 4.57 Å². The minimum absolute atomic E-state index is 0.862. The van der Waals surface area contributed by atoms with E-state index in [0.717, 1.165) is 40.0 Å². The van der Waals surface area contributed by atoms with Gasteiger partial charge in [-0.15, -0.1) is 10.2 Å². The Hall–Kier alpha value is -4.96. The predicted molar refractivity (Wildman–Crippen MR) is 166 cm³/mol. The number of hydrogen-bond acceptors (Lipinski definition) is 2. The quantitative estimate of drug-likeness (QED) is 0.214. The Morgan fingerprint density at radius 2 is 1.23 bits per heavy atom. The first-order valence-electron chi connectivity index (χ1n) is 14.1. The van der Waals surface area contributed by atoms with Crippen molar-refractivity contribution in [1.29, 1.82) is 0 Å². The summed E-state index contributed by atoms with van der Waals surface area (Å²) in [6.07, 6.45) is 3.48. The van der Waals surface area contributed by atoms with Gasteiger partial charge in [-0.05, 0) is 72.3 Å². The van der Waals surface area contributed by atoms with Crippen LogP contribution in [0.4, 0.5) is 0 Å². The van der Waals surface area contributed by atoms with Gasteiger partial charge in [-0.25, -0.2) is 0 Å². The van der Waals surface area contributed by atoms with Gasteiger partial charge in [0.05, 0.1) is 16.6 Å². The largest absolute Gasteiger partial charge is 0.309 e. The number of para-hydroxylation sites is 2. The molecule has 3 heterocycles. The average molecular weight is 517 g/mol. The first-order chi connectivity index (χ1) is 19.8. The molecule has 0 aliphatic rings. The fourth-order valence-corrected chi connectivity index (χ4v) is 6.28. The third kappa shape index (κ3) is 3.39. The van der Waals surface area contributed by atoms with Crippen LogP contribution in [0.25, 0.3) is 66.2 Å². The number of aryl methyl sites for hydroxylation is 1. The normalized spacial score (nSPS) is 11.9. The molecule has 8 aromatic rings. The van der Waals surface area contributed by atoms with Crippen LogP contribution in [0.2, 0.25) is 0 Å². The van der Waals surface area contributed by atoms with Gasteiger partial charge in [0.25, 0.3) is 0 Å². The van der Waals surface area contributed by atoms with E-state index in [4.69, 9.17) is 10.2 Å². The Bertz CT molecular complexity index is 2150. The van der Waals surface area contributed by atoms with Crippen molar-refractivity contribution >= 4 is 49.1 Å². The van der Waals surface area contributed by atoms with Gasteiger partial charge in [-0.2, -0.15) is 0 Å². The number of nitrogens with zero attached hydrogens (tertiary/aromatic N) is 4. The monoisotopic (exact) mass is 516 g/mol. The third-order valence-electron chi connectivity index (χ3n) is 8.21. The van der Waals surface area contributed by atoms with E-state index in [1.165, 1.54) is 51.0 Å². The van der Waals surface area contributed by atoms with Gasteiger partial charge in [-0.3, -0.25) is 4.40 Å². The zero-order valence-electron chi connectivity index (χ0n) is 22.4. The fraction of sp³-hybridized carbons (Fsp3) is 0.111. The minimum atomic E-state index is 0.862. The maximum atomic E-state index is 4.74. The van der Waals surface area contributed by atoms with Gasteiger partial charge in [0.15, 0.2) is 11.5 Å². The van der Waals surface area contributed by atoms with Crippen LogP contribution in [-0.4, -0.2) is 19.2 Å². The zero-order chi connectivity index (χ0) is 26.6. The second kappa shape index (κ2) is 9.06. The summed E-state index contributed by atoms with van der Waals surface area (Å²) < 4.78 is 4.58. The maximum Gasteiger partial charge on any atom is 0.169 e. The second-order valence-electron chi connectivity index (χ2n) is 10.6. The Kier molecular flexibility index (Phi) is 5.20. The Morgan fingerprint density at radius 3 is 1.93 bits per heavy atom. The van der Waals surface area contributed by atoms with Gasteiger partial charge in [0, 0.05) is 32.8 Å². The van der Waals surface area contributed by atoms with E-state index in [-0.39, 0.29) is 0 Å². The van der Waals surface area contributed by atoms with E-state index >= 15 is 0 Å². The van der Waals surface area contributed by atoms with Crippen molar-refractivity contribution in [2.24, 2.45) is 0 Å². The molecule has 0 saturated carbocycles. The molecule has 0 unspecified atom stereocenters. The molecular weight excluding hydrogens is 488 g/mol. The first-order valence-corrected chi connectivity index (χ1v) is 14.1. The van der Waals surface area contributed by atoms with Crippen molar-refractivity contribution in [2.45, 2.75) is 26.2 Å². The number of aromatic nitrogens is 4. The molecule has 0 bridgehead atoms. The van der Waals surface area contributed by atoms with Gasteiger partial charge >= 0.3 is 0 Å². The summed E-state index contributed by atoms with van der Waals surface area (Å²) in [6.45, 7) is 2.25. The second-order valence-corrected chi connectivity index (χ2v) is 10.6. The molecule has 4 heteroatoms. The van der Waals surface area contributed by atoms with E-state index in [1.54, 1.807) is 0 Å². The first kappa shape index (κ1) is 23.0. The summed E-state index contributed by atoms with van der Waals surface area (Å²) in [4.78, 5) is 0. The highest BCUT2D eigenvalue weighted by Gasteiger charge is 2.17. The molecule has 0 radical (unpaired) electrons. The summed E-state index contributed by atoms with van der Waals surface area (Å²) in [6, 6.07) is 41.4. The highest BCUT2D eigenvalue weighted by molar-refractivity contribution is 6.12. The van der Waals surface area contributed by atoms with Gasteiger partial charge in [0.2, 0.25) is 0 Å². The zero-order valence-corrected chi connectivity index (χ0v) is 22.4. The lowest BCUT2D eigenvalue weighted by Gasteiger charge is -2.12. The van der Waals surface area contributed by atoms with Crippen LogP contribution in [0, 0.1) is 0 Å². The summed E-state index contributed by atoms with van der Waals surface area (Å²) >= 11 is 0. The maximum absolute atomic E-state index is 4.74. The SMILES string of the molecule is CCCCc1ccc2c(c1)c1ccccc1c1nnc(-c3ccc(-n4c5ccccc5c5ccccc54)cc3)n21. The van der Waals surface area contributed by atoms with Crippen LogP contribution in [-0.2, 0) is 6.42 Å². The smallest absolute Gasteiger partial charge is 0.169 e. The molecule has 8 rings (SSSR count). The molecule has 0 aliphatic heterocycles. The molecule has 4 nitrogen and oxygen atoms in total. The molecule has 0 fully saturated rings. The van der Waals surface area contributed by atoms with E-state index in [9.17, 15) is 0 Å². The Morgan fingerprint density at radius 1 is 0.575 bits per heavy atom.